The maximum Gasteiger partial charge on any atom is 0.160 e. The van der Waals surface area contributed by atoms with Crippen LogP contribution in [0.3, 0.4) is 0 Å². The lowest BCUT2D eigenvalue weighted by Crippen LogP contribution is -2.27. The summed E-state index contributed by atoms with van der Waals surface area (Å²) in [6.45, 7) is 8.99. The molecule has 0 bridgehead atoms. The van der Waals surface area contributed by atoms with Gasteiger partial charge in [0.1, 0.15) is 5.75 Å². The summed E-state index contributed by atoms with van der Waals surface area (Å²) in [5, 5.41) is 0. The fraction of sp³-hybridized carbons (Fsp3) is 0.562. The third kappa shape index (κ3) is 2.29. The van der Waals surface area contributed by atoms with Crippen molar-refractivity contribution in [2.75, 3.05) is 6.61 Å². The van der Waals surface area contributed by atoms with Gasteiger partial charge in [0, 0.05) is 11.1 Å². The van der Waals surface area contributed by atoms with E-state index < -0.39 is 0 Å². The van der Waals surface area contributed by atoms with Crippen LogP contribution in [0.15, 0.2) is 12.1 Å². The van der Waals surface area contributed by atoms with Crippen LogP contribution in [0.1, 0.15) is 62.0 Å². The minimum absolute atomic E-state index is 0.0997. The number of rotatable bonds is 3. The number of Topliss-reactive ketones (excluding diaryl/α,β-unsaturated/α-hetero) is 1. The van der Waals surface area contributed by atoms with Crippen LogP contribution >= 0.6 is 0 Å². The van der Waals surface area contributed by atoms with E-state index >= 15 is 0 Å². The third-order valence-corrected chi connectivity index (χ3v) is 3.82. The number of carbonyl (C=O) groups excluding carboxylic acids is 1. The Morgan fingerprint density at radius 2 is 2.11 bits per heavy atom. The van der Waals surface area contributed by atoms with Crippen molar-refractivity contribution in [1.29, 1.82) is 0 Å². The first-order valence-corrected chi connectivity index (χ1v) is 6.77. The van der Waals surface area contributed by atoms with Gasteiger partial charge in [-0.25, -0.2) is 0 Å². The lowest BCUT2D eigenvalue weighted by molar-refractivity contribution is 0.101. The van der Waals surface area contributed by atoms with E-state index in [1.807, 2.05) is 0 Å². The van der Waals surface area contributed by atoms with Gasteiger partial charge >= 0.3 is 0 Å². The minimum Gasteiger partial charge on any atom is -0.493 e. The molecule has 0 radical (unpaired) electrons. The molecule has 2 rings (SSSR count). The van der Waals surface area contributed by atoms with Gasteiger partial charge in [-0.15, -0.1) is 0 Å². The summed E-state index contributed by atoms with van der Waals surface area (Å²) in [5.41, 5.74) is 3.28. The van der Waals surface area contributed by atoms with E-state index in [0.29, 0.717) is 0 Å². The van der Waals surface area contributed by atoms with Crippen LogP contribution in [0.5, 0.6) is 5.75 Å². The summed E-state index contributed by atoms with van der Waals surface area (Å²) in [6, 6.07) is 4.14. The van der Waals surface area contributed by atoms with Crippen molar-refractivity contribution >= 4 is 5.78 Å². The Morgan fingerprint density at radius 1 is 1.39 bits per heavy atom. The van der Waals surface area contributed by atoms with Gasteiger partial charge < -0.3 is 4.74 Å². The Morgan fingerprint density at radius 3 is 2.72 bits per heavy atom. The maximum absolute atomic E-state index is 11.8. The zero-order valence-corrected chi connectivity index (χ0v) is 11.8. The van der Waals surface area contributed by atoms with Crippen molar-refractivity contribution in [2.24, 2.45) is 0 Å². The monoisotopic (exact) mass is 246 g/mol. The Balaban J connectivity index is 2.57. The Bertz CT molecular complexity index is 472. The molecule has 1 aromatic rings. The predicted octanol–water partition coefficient (Wildman–Crippen LogP) is 3.90. The molecule has 1 aromatic carbocycles. The van der Waals surface area contributed by atoms with Gasteiger partial charge in [0.05, 0.1) is 6.61 Å². The molecule has 2 nitrogen and oxygen atoms in total. The average molecular weight is 246 g/mol. The van der Waals surface area contributed by atoms with Crippen LogP contribution in [0.25, 0.3) is 0 Å². The topological polar surface area (TPSA) is 26.3 Å². The zero-order chi connectivity index (χ0) is 13.3. The molecule has 0 aromatic heterocycles. The highest BCUT2D eigenvalue weighted by molar-refractivity contribution is 5.96. The van der Waals surface area contributed by atoms with Crippen molar-refractivity contribution in [3.8, 4) is 5.75 Å². The predicted molar refractivity (Wildman–Crippen MR) is 73.6 cm³/mol. The van der Waals surface area contributed by atoms with Crippen LogP contribution in [0, 0.1) is 0 Å². The number of fused-ring (bicyclic) bond motifs is 1. The molecule has 2 heteroatoms. The standard InChI is InChI=1S/C16H22O2/c1-5-6-12-9-15-14(10-13(12)11(2)17)16(3,4)7-8-18-15/h9-10H,5-8H2,1-4H3. The number of ether oxygens (including phenoxy) is 1. The van der Waals surface area contributed by atoms with Crippen molar-refractivity contribution in [2.45, 2.75) is 52.4 Å². The van der Waals surface area contributed by atoms with Gasteiger partial charge in [0.25, 0.3) is 0 Å². The van der Waals surface area contributed by atoms with E-state index in [0.717, 1.165) is 42.7 Å². The van der Waals surface area contributed by atoms with Gasteiger partial charge in [0.15, 0.2) is 5.78 Å². The van der Waals surface area contributed by atoms with Crippen LogP contribution in [-0.4, -0.2) is 12.4 Å². The van der Waals surface area contributed by atoms with E-state index in [9.17, 15) is 4.79 Å². The van der Waals surface area contributed by atoms with Crippen molar-refractivity contribution in [1.82, 2.24) is 0 Å². The molecule has 1 aliphatic heterocycles. The number of carbonyl (C=O) groups is 1. The van der Waals surface area contributed by atoms with Gasteiger partial charge in [0.2, 0.25) is 0 Å². The Hall–Kier alpha value is -1.31. The molecule has 0 aliphatic carbocycles. The van der Waals surface area contributed by atoms with E-state index in [1.165, 1.54) is 5.56 Å². The fourth-order valence-corrected chi connectivity index (χ4v) is 2.62. The first-order valence-electron chi connectivity index (χ1n) is 6.77. The second-order valence-electron chi connectivity index (χ2n) is 5.79. The summed E-state index contributed by atoms with van der Waals surface area (Å²) in [4.78, 5) is 11.8. The second-order valence-corrected chi connectivity index (χ2v) is 5.79. The van der Waals surface area contributed by atoms with E-state index in [-0.39, 0.29) is 11.2 Å². The largest absolute Gasteiger partial charge is 0.493 e. The van der Waals surface area contributed by atoms with Gasteiger partial charge in [-0.3, -0.25) is 4.79 Å². The molecule has 0 amide bonds. The second kappa shape index (κ2) is 4.75. The number of benzene rings is 1. The summed E-state index contributed by atoms with van der Waals surface area (Å²) in [6.07, 6.45) is 2.99. The van der Waals surface area contributed by atoms with Gasteiger partial charge in [-0.2, -0.15) is 0 Å². The number of aryl methyl sites for hydroxylation is 1. The molecule has 0 saturated carbocycles. The lowest BCUT2D eigenvalue weighted by Gasteiger charge is -2.33. The van der Waals surface area contributed by atoms with Crippen LogP contribution in [0.2, 0.25) is 0 Å². The SMILES string of the molecule is CCCc1cc2c(cc1C(C)=O)C(C)(C)CCO2. The molecule has 0 saturated heterocycles. The first-order chi connectivity index (χ1) is 8.45. The average Bonchev–Trinajstić information content (AvgIpc) is 2.28. The zero-order valence-electron chi connectivity index (χ0n) is 11.8. The fourth-order valence-electron chi connectivity index (χ4n) is 2.62. The van der Waals surface area contributed by atoms with Crippen molar-refractivity contribution in [3.05, 3.63) is 28.8 Å². The Kier molecular flexibility index (Phi) is 3.47. The van der Waals surface area contributed by atoms with E-state index in [2.05, 4.69) is 32.9 Å². The highest BCUT2D eigenvalue weighted by Gasteiger charge is 2.30. The molecule has 1 aliphatic rings. The highest BCUT2D eigenvalue weighted by Crippen LogP contribution is 2.40. The molecule has 98 valence electrons. The number of hydrogen-bond donors (Lipinski definition) is 0. The van der Waals surface area contributed by atoms with Gasteiger partial charge in [-0.1, -0.05) is 27.2 Å². The molecule has 0 unspecified atom stereocenters. The lowest BCUT2D eigenvalue weighted by atomic mass is 9.78. The molecule has 0 atom stereocenters. The molecule has 0 N–H and O–H groups in total. The summed E-state index contributed by atoms with van der Waals surface area (Å²) >= 11 is 0. The quantitative estimate of drug-likeness (QED) is 0.756. The Labute approximate surface area is 109 Å². The molecule has 0 spiro atoms. The smallest absolute Gasteiger partial charge is 0.160 e. The van der Waals surface area contributed by atoms with Crippen LogP contribution < -0.4 is 4.74 Å². The highest BCUT2D eigenvalue weighted by atomic mass is 16.5. The van der Waals surface area contributed by atoms with E-state index in [4.69, 9.17) is 4.74 Å². The van der Waals surface area contributed by atoms with E-state index in [1.54, 1.807) is 6.92 Å². The third-order valence-electron chi connectivity index (χ3n) is 3.82. The number of hydrogen-bond acceptors (Lipinski definition) is 2. The number of ketones is 1. The molecule has 1 heterocycles. The van der Waals surface area contributed by atoms with Crippen LogP contribution in [-0.2, 0) is 11.8 Å². The molecule has 18 heavy (non-hydrogen) atoms. The maximum atomic E-state index is 11.8. The minimum atomic E-state index is 0.0997. The van der Waals surface area contributed by atoms with Gasteiger partial charge in [-0.05, 0) is 42.9 Å². The van der Waals surface area contributed by atoms with Crippen LogP contribution in [0.4, 0.5) is 0 Å². The van der Waals surface area contributed by atoms with Crippen molar-refractivity contribution in [3.63, 3.8) is 0 Å². The summed E-state index contributed by atoms with van der Waals surface area (Å²) in [5.74, 6) is 1.13. The molecule has 0 fully saturated rings. The molecular formula is C16H22O2. The summed E-state index contributed by atoms with van der Waals surface area (Å²) < 4.78 is 5.77. The normalized spacial score (nSPS) is 16.9. The first kappa shape index (κ1) is 13.1. The summed E-state index contributed by atoms with van der Waals surface area (Å²) in [7, 11) is 0. The molecular weight excluding hydrogens is 224 g/mol. The van der Waals surface area contributed by atoms with Crippen molar-refractivity contribution < 1.29 is 9.53 Å².